The van der Waals surface area contributed by atoms with Gasteiger partial charge in [0.15, 0.2) is 11.2 Å². The van der Waals surface area contributed by atoms with Crippen LogP contribution in [0.3, 0.4) is 0 Å². The van der Waals surface area contributed by atoms with Gasteiger partial charge in [-0.25, -0.2) is 5.64 Å². The molecule has 0 amide bonds. The molecule has 2 saturated heterocycles. The number of nitrogens with two attached hydrogens (primary N) is 1. The molecular weight excluding hydrogens is 238 g/mol. The highest BCUT2D eigenvalue weighted by molar-refractivity contribution is 8.14. The van der Waals surface area contributed by atoms with Crippen molar-refractivity contribution < 1.29 is 30.2 Å². The van der Waals surface area contributed by atoms with Crippen molar-refractivity contribution in [1.29, 1.82) is 0 Å². The standard InChI is InChI=1S/C8H13NO5S.H2O/c1-4(10)15-6-3-13-7-5(14-9-11)2-12-8(6)7;/h5-8H,2-3,9H2,1H3;1H2/t5-,6+,7-,8-;/m1./s1. The molecule has 2 aliphatic heterocycles. The molecule has 0 aliphatic carbocycles. The van der Waals surface area contributed by atoms with Gasteiger partial charge in [0.1, 0.15) is 12.2 Å². The Hall–Kier alpha value is -0.220. The Kier molecular flexibility index (Phi) is 5.12. The van der Waals surface area contributed by atoms with Gasteiger partial charge in [-0.2, -0.15) is 4.84 Å². The third-order valence-corrected chi connectivity index (χ3v) is 3.55. The van der Waals surface area contributed by atoms with E-state index >= 15 is 0 Å². The summed E-state index contributed by atoms with van der Waals surface area (Å²) in [7, 11) is 0. The number of fused-ring (bicyclic) bond motifs is 1. The normalized spacial score (nSPS) is 36.9. The summed E-state index contributed by atoms with van der Waals surface area (Å²) < 4.78 is 10.9. The minimum absolute atomic E-state index is 0. The molecule has 0 spiro atoms. The van der Waals surface area contributed by atoms with E-state index in [1.165, 1.54) is 18.7 Å². The number of thioether (sulfide) groups is 1. The van der Waals surface area contributed by atoms with Gasteiger partial charge in [-0.1, -0.05) is 11.8 Å². The van der Waals surface area contributed by atoms with E-state index in [1.807, 2.05) is 0 Å². The van der Waals surface area contributed by atoms with Crippen molar-refractivity contribution in [3.63, 3.8) is 0 Å². The molecule has 0 radical (unpaired) electrons. The van der Waals surface area contributed by atoms with E-state index in [2.05, 4.69) is 0 Å². The van der Waals surface area contributed by atoms with Crippen molar-refractivity contribution in [2.24, 2.45) is 0 Å². The van der Waals surface area contributed by atoms with Crippen molar-refractivity contribution in [3.8, 4) is 0 Å². The molecule has 0 bridgehead atoms. The van der Waals surface area contributed by atoms with Crippen LogP contribution in [0, 0.1) is 5.21 Å². The van der Waals surface area contributed by atoms with Crippen molar-refractivity contribution in [2.75, 3.05) is 13.2 Å². The van der Waals surface area contributed by atoms with Crippen molar-refractivity contribution in [1.82, 2.24) is 0 Å². The van der Waals surface area contributed by atoms with Crippen LogP contribution < -0.4 is 5.64 Å². The third kappa shape index (κ3) is 2.72. The summed E-state index contributed by atoms with van der Waals surface area (Å²) in [6, 6.07) is 0. The molecule has 8 heteroatoms. The summed E-state index contributed by atoms with van der Waals surface area (Å²) in [5.74, 6) is 0. The number of hydrogen-bond donors (Lipinski definition) is 1. The summed E-state index contributed by atoms with van der Waals surface area (Å²) in [6.45, 7) is 2.34. The first-order chi connectivity index (χ1) is 7.22. The van der Waals surface area contributed by atoms with Gasteiger partial charge in [0.05, 0.1) is 18.5 Å². The zero-order valence-corrected chi connectivity index (χ0v) is 9.57. The van der Waals surface area contributed by atoms with Crippen molar-refractivity contribution >= 4 is 16.9 Å². The van der Waals surface area contributed by atoms with E-state index in [-0.39, 0.29) is 34.2 Å². The van der Waals surface area contributed by atoms with Gasteiger partial charge in [-0.05, 0) is 0 Å². The molecule has 16 heavy (non-hydrogen) atoms. The Morgan fingerprint density at radius 1 is 1.44 bits per heavy atom. The molecule has 2 fully saturated rings. The summed E-state index contributed by atoms with van der Waals surface area (Å²) in [4.78, 5) is 15.8. The van der Waals surface area contributed by atoms with Gasteiger partial charge in [0.2, 0.25) is 0 Å². The lowest BCUT2D eigenvalue weighted by Crippen LogP contribution is -2.78. The number of carbonyl (C=O) groups excluding carboxylic acids is 1. The maximum atomic E-state index is 11.0. The smallest absolute Gasteiger partial charge is 0.186 e. The predicted octanol–water partition coefficient (Wildman–Crippen LogP) is -2.03. The van der Waals surface area contributed by atoms with Crippen LogP contribution in [0.25, 0.3) is 0 Å². The molecule has 2 rings (SSSR count). The third-order valence-electron chi connectivity index (χ3n) is 2.51. The lowest BCUT2D eigenvalue weighted by molar-refractivity contribution is -0.860. The second-order valence-corrected chi connectivity index (χ2v) is 4.93. The summed E-state index contributed by atoms with van der Waals surface area (Å²) in [5.41, 5.74) is 0.408. The van der Waals surface area contributed by atoms with Crippen LogP contribution in [0.2, 0.25) is 0 Å². The SMILES string of the molecule is CC(=O)S[C@H]1CO[C@H]2[C@@H]1OC[C@H]2O[NH2+][O-].O. The van der Waals surface area contributed by atoms with Crippen molar-refractivity contribution in [2.45, 2.75) is 30.5 Å². The Balaban J connectivity index is 0.00000128. The average Bonchev–Trinajstić information content (AvgIpc) is 2.71. The molecule has 2 heterocycles. The van der Waals surface area contributed by atoms with E-state index in [4.69, 9.17) is 14.3 Å². The summed E-state index contributed by atoms with van der Waals surface area (Å²) in [6.07, 6.45) is -0.680. The van der Waals surface area contributed by atoms with Crippen LogP contribution in [0.1, 0.15) is 6.92 Å². The van der Waals surface area contributed by atoms with E-state index in [0.717, 1.165) is 0 Å². The van der Waals surface area contributed by atoms with Crippen LogP contribution >= 0.6 is 11.8 Å². The quantitative estimate of drug-likeness (QED) is 0.580. The van der Waals surface area contributed by atoms with Gasteiger partial charge in [0.25, 0.3) is 0 Å². The Labute approximate surface area is 96.6 Å². The molecule has 0 aromatic carbocycles. The van der Waals surface area contributed by atoms with Crippen molar-refractivity contribution in [3.05, 3.63) is 5.21 Å². The second kappa shape index (κ2) is 5.92. The highest BCUT2D eigenvalue weighted by Gasteiger charge is 2.49. The Morgan fingerprint density at radius 2 is 2.12 bits per heavy atom. The number of quaternary nitrogens is 1. The largest absolute Gasteiger partial charge is 0.601 e. The van der Waals surface area contributed by atoms with Crippen LogP contribution in [0.4, 0.5) is 0 Å². The zero-order chi connectivity index (χ0) is 10.8. The highest BCUT2D eigenvalue weighted by atomic mass is 32.2. The molecule has 0 aromatic heterocycles. The molecule has 4 N–H and O–H groups in total. The molecule has 4 atom stereocenters. The number of ether oxygens (including phenoxy) is 2. The molecule has 0 saturated carbocycles. The molecular formula is C8H15NO6S. The van der Waals surface area contributed by atoms with Crippen LogP contribution in [-0.4, -0.2) is 47.4 Å². The fraction of sp³-hybridized carbons (Fsp3) is 0.875. The first kappa shape index (κ1) is 13.8. The summed E-state index contributed by atoms with van der Waals surface area (Å²) in [5, 5.41) is 10.3. The topological polar surface area (TPSA) is 116 Å². The maximum Gasteiger partial charge on any atom is 0.186 e. The van der Waals surface area contributed by atoms with E-state index in [9.17, 15) is 10.0 Å². The molecule has 0 unspecified atom stereocenters. The van der Waals surface area contributed by atoms with Gasteiger partial charge >= 0.3 is 0 Å². The van der Waals surface area contributed by atoms with Gasteiger partial charge in [0, 0.05) is 6.92 Å². The average molecular weight is 253 g/mol. The fourth-order valence-corrected chi connectivity index (χ4v) is 2.87. The van der Waals surface area contributed by atoms with E-state index in [1.54, 1.807) is 0 Å². The minimum atomic E-state index is -0.329. The first-order valence-electron chi connectivity index (χ1n) is 4.72. The second-order valence-electron chi connectivity index (χ2n) is 3.51. The van der Waals surface area contributed by atoms with Crippen LogP contribution in [0.15, 0.2) is 0 Å². The van der Waals surface area contributed by atoms with Crippen LogP contribution in [-0.2, 0) is 19.1 Å². The minimum Gasteiger partial charge on any atom is -0.601 e. The van der Waals surface area contributed by atoms with Gasteiger partial charge in [-0.15, -0.1) is 0 Å². The molecule has 94 valence electrons. The highest BCUT2D eigenvalue weighted by Crippen LogP contribution is 2.34. The zero-order valence-electron chi connectivity index (χ0n) is 8.75. The molecule has 2 aliphatic rings. The maximum absolute atomic E-state index is 11.0. The number of hydrogen-bond acceptors (Lipinski definition) is 6. The fourth-order valence-electron chi connectivity index (χ4n) is 1.93. The lowest BCUT2D eigenvalue weighted by Gasteiger charge is -2.14. The molecule has 7 nitrogen and oxygen atoms in total. The summed E-state index contributed by atoms with van der Waals surface area (Å²) >= 11 is 1.23. The van der Waals surface area contributed by atoms with E-state index < -0.39 is 0 Å². The van der Waals surface area contributed by atoms with Gasteiger partial charge < -0.3 is 20.2 Å². The van der Waals surface area contributed by atoms with Gasteiger partial charge in [-0.3, -0.25) is 4.79 Å². The van der Waals surface area contributed by atoms with E-state index in [0.29, 0.717) is 18.9 Å². The Bertz CT molecular complexity index is 253. The van der Waals surface area contributed by atoms with Crippen LogP contribution in [0.5, 0.6) is 0 Å². The number of carbonyl (C=O) groups is 1. The number of rotatable bonds is 3. The Morgan fingerprint density at radius 3 is 2.75 bits per heavy atom. The monoisotopic (exact) mass is 253 g/mol. The predicted molar refractivity (Wildman–Crippen MR) is 55.3 cm³/mol. The molecule has 0 aromatic rings. The first-order valence-corrected chi connectivity index (χ1v) is 5.60. The lowest BCUT2D eigenvalue weighted by atomic mass is 10.1.